The van der Waals surface area contributed by atoms with Crippen LogP contribution in [0.3, 0.4) is 0 Å². The van der Waals surface area contributed by atoms with Crippen LogP contribution >= 0.6 is 0 Å². The summed E-state index contributed by atoms with van der Waals surface area (Å²) in [6, 6.07) is 13.7. The fourth-order valence-electron chi connectivity index (χ4n) is 3.51. The quantitative estimate of drug-likeness (QED) is 0.648. The molecule has 0 radical (unpaired) electrons. The standard InChI is InChI=1S/C22H32N2/c1-7-23(8-2)21-13-11-19(15-17(21)5)20-12-14-22(18(6)16-20)24(9-3)10-4/h11-16H,7-10H2,1-6H3. The maximum atomic E-state index is 2.41. The van der Waals surface area contributed by atoms with E-state index in [0.29, 0.717) is 0 Å². The van der Waals surface area contributed by atoms with E-state index in [-0.39, 0.29) is 0 Å². The third-order valence-electron chi connectivity index (χ3n) is 4.94. The Hall–Kier alpha value is -1.96. The maximum Gasteiger partial charge on any atom is 0.0396 e. The largest absolute Gasteiger partial charge is 0.372 e. The van der Waals surface area contributed by atoms with Gasteiger partial charge in [-0.25, -0.2) is 0 Å². The van der Waals surface area contributed by atoms with E-state index in [2.05, 4.69) is 87.7 Å². The van der Waals surface area contributed by atoms with Gasteiger partial charge in [-0.05, 0) is 88.1 Å². The summed E-state index contributed by atoms with van der Waals surface area (Å²) in [5.41, 5.74) is 8.00. The van der Waals surface area contributed by atoms with Crippen LogP contribution in [0.2, 0.25) is 0 Å². The van der Waals surface area contributed by atoms with Gasteiger partial charge in [0, 0.05) is 37.6 Å². The lowest BCUT2D eigenvalue weighted by molar-refractivity contribution is 0.861. The number of hydrogen-bond acceptors (Lipinski definition) is 2. The molecule has 0 bridgehead atoms. The first kappa shape index (κ1) is 18.4. The van der Waals surface area contributed by atoms with Gasteiger partial charge in [0.15, 0.2) is 0 Å². The lowest BCUT2D eigenvalue weighted by Gasteiger charge is -2.24. The summed E-state index contributed by atoms with van der Waals surface area (Å²) in [6.07, 6.45) is 0. The van der Waals surface area contributed by atoms with Gasteiger partial charge < -0.3 is 9.80 Å². The van der Waals surface area contributed by atoms with Crippen molar-refractivity contribution in [2.45, 2.75) is 41.5 Å². The number of rotatable bonds is 7. The zero-order valence-electron chi connectivity index (χ0n) is 16.2. The van der Waals surface area contributed by atoms with Crippen LogP contribution in [-0.2, 0) is 0 Å². The number of anilines is 2. The first-order valence-corrected chi connectivity index (χ1v) is 9.27. The second-order valence-electron chi connectivity index (χ2n) is 6.35. The highest BCUT2D eigenvalue weighted by molar-refractivity contribution is 5.72. The molecule has 2 aromatic rings. The summed E-state index contributed by atoms with van der Waals surface area (Å²) < 4.78 is 0. The smallest absolute Gasteiger partial charge is 0.0396 e. The minimum atomic E-state index is 1.05. The van der Waals surface area contributed by atoms with Crippen molar-refractivity contribution in [1.29, 1.82) is 0 Å². The van der Waals surface area contributed by atoms with E-state index in [1.54, 1.807) is 0 Å². The molecule has 130 valence electrons. The second kappa shape index (κ2) is 8.23. The summed E-state index contributed by atoms with van der Waals surface area (Å²) in [5.74, 6) is 0. The predicted octanol–water partition coefficient (Wildman–Crippen LogP) is 5.66. The number of hydrogen-bond donors (Lipinski definition) is 0. The fourth-order valence-corrected chi connectivity index (χ4v) is 3.51. The van der Waals surface area contributed by atoms with Crippen LogP contribution in [0.15, 0.2) is 36.4 Å². The summed E-state index contributed by atoms with van der Waals surface area (Å²) in [5, 5.41) is 0. The van der Waals surface area contributed by atoms with Gasteiger partial charge in [0.25, 0.3) is 0 Å². The third-order valence-corrected chi connectivity index (χ3v) is 4.94. The molecule has 2 rings (SSSR count). The van der Waals surface area contributed by atoms with E-state index < -0.39 is 0 Å². The van der Waals surface area contributed by atoms with Crippen LogP contribution in [0, 0.1) is 13.8 Å². The Bertz CT molecular complexity index is 608. The molecule has 0 aromatic heterocycles. The fraction of sp³-hybridized carbons (Fsp3) is 0.455. The molecule has 0 amide bonds. The van der Waals surface area contributed by atoms with E-state index in [1.807, 2.05) is 0 Å². The van der Waals surface area contributed by atoms with E-state index in [9.17, 15) is 0 Å². The number of benzene rings is 2. The minimum absolute atomic E-state index is 1.05. The van der Waals surface area contributed by atoms with Crippen molar-refractivity contribution in [1.82, 2.24) is 0 Å². The number of aryl methyl sites for hydroxylation is 2. The van der Waals surface area contributed by atoms with Gasteiger partial charge in [0.1, 0.15) is 0 Å². The van der Waals surface area contributed by atoms with Gasteiger partial charge in [-0.15, -0.1) is 0 Å². The zero-order valence-corrected chi connectivity index (χ0v) is 16.2. The first-order valence-electron chi connectivity index (χ1n) is 9.27. The van der Waals surface area contributed by atoms with Crippen molar-refractivity contribution in [2.24, 2.45) is 0 Å². The lowest BCUT2D eigenvalue weighted by atomic mass is 9.99. The predicted molar refractivity (Wildman–Crippen MR) is 108 cm³/mol. The molecule has 0 N–H and O–H groups in total. The van der Waals surface area contributed by atoms with Crippen LogP contribution in [-0.4, -0.2) is 26.2 Å². The van der Waals surface area contributed by atoms with Crippen molar-refractivity contribution in [2.75, 3.05) is 36.0 Å². The highest BCUT2D eigenvalue weighted by atomic mass is 15.1. The Kier molecular flexibility index (Phi) is 6.30. The van der Waals surface area contributed by atoms with Gasteiger partial charge in [-0.2, -0.15) is 0 Å². The molecule has 0 aliphatic rings. The molecule has 0 spiro atoms. The van der Waals surface area contributed by atoms with Crippen LogP contribution in [0.1, 0.15) is 38.8 Å². The highest BCUT2D eigenvalue weighted by Gasteiger charge is 2.10. The highest BCUT2D eigenvalue weighted by Crippen LogP contribution is 2.30. The Morgan fingerprint density at radius 2 is 0.917 bits per heavy atom. The topological polar surface area (TPSA) is 6.48 Å². The zero-order chi connectivity index (χ0) is 17.7. The van der Waals surface area contributed by atoms with Crippen molar-refractivity contribution < 1.29 is 0 Å². The van der Waals surface area contributed by atoms with Gasteiger partial charge in [0.05, 0.1) is 0 Å². The Balaban J connectivity index is 2.35. The summed E-state index contributed by atoms with van der Waals surface area (Å²) in [4.78, 5) is 4.82. The van der Waals surface area contributed by atoms with Crippen LogP contribution in [0.4, 0.5) is 11.4 Å². The summed E-state index contributed by atoms with van der Waals surface area (Å²) in [6.45, 7) is 17.5. The molecular formula is C22H32N2. The summed E-state index contributed by atoms with van der Waals surface area (Å²) >= 11 is 0. The first-order chi connectivity index (χ1) is 11.5. The average Bonchev–Trinajstić information content (AvgIpc) is 2.59. The molecule has 2 aromatic carbocycles. The molecule has 0 aliphatic carbocycles. The second-order valence-corrected chi connectivity index (χ2v) is 6.35. The molecule has 24 heavy (non-hydrogen) atoms. The molecule has 0 saturated carbocycles. The van der Waals surface area contributed by atoms with Gasteiger partial charge in [0.2, 0.25) is 0 Å². The Labute approximate surface area is 148 Å². The Morgan fingerprint density at radius 1 is 0.583 bits per heavy atom. The van der Waals surface area contributed by atoms with Gasteiger partial charge >= 0.3 is 0 Å². The van der Waals surface area contributed by atoms with Gasteiger partial charge in [-0.3, -0.25) is 0 Å². The van der Waals surface area contributed by atoms with Gasteiger partial charge in [-0.1, -0.05) is 12.1 Å². The Morgan fingerprint density at radius 3 is 1.17 bits per heavy atom. The SMILES string of the molecule is CCN(CC)c1ccc(-c2ccc(N(CC)CC)c(C)c2)cc1C. The lowest BCUT2D eigenvalue weighted by Crippen LogP contribution is -2.22. The third kappa shape index (κ3) is 3.75. The average molecular weight is 325 g/mol. The molecular weight excluding hydrogens is 292 g/mol. The molecule has 0 heterocycles. The van der Waals surface area contributed by atoms with Crippen LogP contribution in [0.5, 0.6) is 0 Å². The molecule has 0 aliphatic heterocycles. The van der Waals surface area contributed by atoms with E-state index >= 15 is 0 Å². The monoisotopic (exact) mass is 324 g/mol. The molecule has 0 unspecified atom stereocenters. The number of nitrogens with zero attached hydrogens (tertiary/aromatic N) is 2. The molecule has 0 fully saturated rings. The summed E-state index contributed by atoms with van der Waals surface area (Å²) in [7, 11) is 0. The van der Waals surface area contributed by atoms with Crippen molar-refractivity contribution >= 4 is 11.4 Å². The van der Waals surface area contributed by atoms with E-state index in [0.717, 1.165) is 26.2 Å². The molecule has 2 heteroatoms. The molecule has 0 saturated heterocycles. The van der Waals surface area contributed by atoms with E-state index in [1.165, 1.54) is 33.6 Å². The van der Waals surface area contributed by atoms with Crippen LogP contribution in [0.25, 0.3) is 11.1 Å². The van der Waals surface area contributed by atoms with Crippen molar-refractivity contribution in [3.05, 3.63) is 47.5 Å². The molecule has 2 nitrogen and oxygen atoms in total. The normalized spacial score (nSPS) is 10.8. The van der Waals surface area contributed by atoms with Crippen molar-refractivity contribution in [3.8, 4) is 11.1 Å². The van der Waals surface area contributed by atoms with E-state index in [4.69, 9.17) is 0 Å². The minimum Gasteiger partial charge on any atom is -0.372 e. The maximum absolute atomic E-state index is 2.41. The molecule has 0 atom stereocenters. The van der Waals surface area contributed by atoms with Crippen LogP contribution < -0.4 is 9.80 Å². The van der Waals surface area contributed by atoms with Crippen molar-refractivity contribution in [3.63, 3.8) is 0 Å².